The maximum atomic E-state index is 6.11. The molecular formula is C18H29NO. The first-order chi connectivity index (χ1) is 9.51. The summed E-state index contributed by atoms with van der Waals surface area (Å²) in [4.78, 5) is 0. The van der Waals surface area contributed by atoms with E-state index in [0.29, 0.717) is 5.92 Å². The molecule has 0 heterocycles. The molecule has 0 aromatic heterocycles. The van der Waals surface area contributed by atoms with Gasteiger partial charge in [0.05, 0.1) is 6.61 Å². The van der Waals surface area contributed by atoms with Gasteiger partial charge in [0.25, 0.3) is 0 Å². The third kappa shape index (κ3) is 3.99. The monoisotopic (exact) mass is 275 g/mol. The predicted molar refractivity (Wildman–Crippen MR) is 85.5 cm³/mol. The van der Waals surface area contributed by atoms with Gasteiger partial charge >= 0.3 is 0 Å². The number of hydrogen-bond acceptors (Lipinski definition) is 2. The minimum absolute atomic E-state index is 0.256. The van der Waals surface area contributed by atoms with Gasteiger partial charge in [-0.05, 0) is 67.2 Å². The van der Waals surface area contributed by atoms with Crippen LogP contribution in [0.1, 0.15) is 62.6 Å². The minimum Gasteiger partial charge on any atom is -0.493 e. The van der Waals surface area contributed by atoms with Crippen molar-refractivity contribution in [3.05, 3.63) is 28.8 Å². The number of benzene rings is 1. The van der Waals surface area contributed by atoms with Crippen molar-refractivity contribution in [3.63, 3.8) is 0 Å². The zero-order chi connectivity index (χ0) is 14.7. The lowest BCUT2D eigenvalue weighted by Crippen LogP contribution is -2.22. The van der Waals surface area contributed by atoms with Crippen LogP contribution in [0.4, 0.5) is 0 Å². The van der Waals surface area contributed by atoms with Gasteiger partial charge in [-0.2, -0.15) is 0 Å². The van der Waals surface area contributed by atoms with Crippen molar-refractivity contribution in [3.8, 4) is 5.75 Å². The SMILES string of the molecule is CCC(N)Cc1cc(C(C)C)c(OCC2CC2)cc1C. The lowest BCUT2D eigenvalue weighted by molar-refractivity contribution is 0.295. The highest BCUT2D eigenvalue weighted by Gasteiger charge is 2.23. The standard InChI is InChI=1S/C18H29NO/c1-5-16(19)9-15-10-17(12(2)3)18(8-13(15)4)20-11-14-6-7-14/h8,10,12,14,16H,5-7,9,11,19H2,1-4H3. The Morgan fingerprint density at radius 1 is 1.30 bits per heavy atom. The highest BCUT2D eigenvalue weighted by atomic mass is 16.5. The second-order valence-electron chi connectivity index (χ2n) is 6.60. The fourth-order valence-corrected chi connectivity index (χ4v) is 2.46. The molecule has 112 valence electrons. The summed E-state index contributed by atoms with van der Waals surface area (Å²) in [5.74, 6) is 2.36. The van der Waals surface area contributed by atoms with Gasteiger partial charge in [0, 0.05) is 6.04 Å². The molecule has 0 saturated heterocycles. The van der Waals surface area contributed by atoms with Gasteiger partial charge in [-0.15, -0.1) is 0 Å². The molecule has 2 heteroatoms. The molecule has 0 aliphatic heterocycles. The molecule has 1 atom stereocenters. The topological polar surface area (TPSA) is 35.2 Å². The Bertz CT molecular complexity index is 449. The van der Waals surface area contributed by atoms with Gasteiger partial charge in [0.2, 0.25) is 0 Å². The Balaban J connectivity index is 2.20. The van der Waals surface area contributed by atoms with E-state index in [1.165, 1.54) is 29.5 Å². The van der Waals surface area contributed by atoms with E-state index in [2.05, 4.69) is 39.8 Å². The Hall–Kier alpha value is -1.02. The average Bonchev–Trinajstić information content (AvgIpc) is 3.22. The van der Waals surface area contributed by atoms with Crippen LogP contribution in [0.3, 0.4) is 0 Å². The lowest BCUT2D eigenvalue weighted by atomic mass is 9.93. The molecule has 1 fully saturated rings. The van der Waals surface area contributed by atoms with E-state index in [1.54, 1.807) is 0 Å². The molecule has 1 aliphatic rings. The van der Waals surface area contributed by atoms with E-state index < -0.39 is 0 Å². The van der Waals surface area contributed by atoms with Gasteiger partial charge in [0.15, 0.2) is 0 Å². The second kappa shape index (κ2) is 6.62. The number of ether oxygens (including phenoxy) is 1. The molecule has 1 saturated carbocycles. The van der Waals surface area contributed by atoms with Crippen LogP contribution in [0.5, 0.6) is 5.75 Å². The van der Waals surface area contributed by atoms with Crippen molar-refractivity contribution in [1.29, 1.82) is 0 Å². The number of rotatable bonds is 7. The Morgan fingerprint density at radius 3 is 2.55 bits per heavy atom. The zero-order valence-corrected chi connectivity index (χ0v) is 13.4. The fraction of sp³-hybridized carbons (Fsp3) is 0.667. The molecule has 0 amide bonds. The highest BCUT2D eigenvalue weighted by Crippen LogP contribution is 2.34. The summed E-state index contributed by atoms with van der Waals surface area (Å²) in [6.45, 7) is 9.67. The molecule has 2 N–H and O–H groups in total. The Labute approximate surface area is 123 Å². The molecule has 0 radical (unpaired) electrons. The largest absolute Gasteiger partial charge is 0.493 e. The summed E-state index contributed by atoms with van der Waals surface area (Å²) in [6, 6.07) is 4.79. The van der Waals surface area contributed by atoms with E-state index >= 15 is 0 Å². The molecule has 1 unspecified atom stereocenters. The van der Waals surface area contributed by atoms with Crippen molar-refractivity contribution >= 4 is 0 Å². The van der Waals surface area contributed by atoms with Crippen LogP contribution < -0.4 is 10.5 Å². The van der Waals surface area contributed by atoms with Crippen LogP contribution in [0.15, 0.2) is 12.1 Å². The van der Waals surface area contributed by atoms with Gasteiger partial charge in [-0.1, -0.05) is 26.8 Å². The Morgan fingerprint density at radius 2 is 2.00 bits per heavy atom. The number of hydrogen-bond donors (Lipinski definition) is 1. The van der Waals surface area contributed by atoms with Gasteiger partial charge in [0.1, 0.15) is 5.75 Å². The first kappa shape index (κ1) is 15.4. The lowest BCUT2D eigenvalue weighted by Gasteiger charge is -2.19. The quantitative estimate of drug-likeness (QED) is 0.810. The summed E-state index contributed by atoms with van der Waals surface area (Å²) in [5.41, 5.74) is 10.1. The van der Waals surface area contributed by atoms with E-state index in [0.717, 1.165) is 31.1 Å². The summed E-state index contributed by atoms with van der Waals surface area (Å²) in [7, 11) is 0. The Kier molecular flexibility index (Phi) is 5.09. The van der Waals surface area contributed by atoms with E-state index in [4.69, 9.17) is 10.5 Å². The van der Waals surface area contributed by atoms with Crippen molar-refractivity contribution < 1.29 is 4.74 Å². The molecule has 0 bridgehead atoms. The minimum atomic E-state index is 0.256. The predicted octanol–water partition coefficient (Wildman–Crippen LogP) is 4.19. The molecule has 1 aromatic carbocycles. The average molecular weight is 275 g/mol. The van der Waals surface area contributed by atoms with Crippen molar-refractivity contribution in [2.24, 2.45) is 11.7 Å². The molecule has 1 aliphatic carbocycles. The van der Waals surface area contributed by atoms with Crippen molar-refractivity contribution in [2.45, 2.75) is 65.3 Å². The highest BCUT2D eigenvalue weighted by molar-refractivity contribution is 5.44. The van der Waals surface area contributed by atoms with Crippen molar-refractivity contribution in [2.75, 3.05) is 6.61 Å². The smallest absolute Gasteiger partial charge is 0.123 e. The summed E-state index contributed by atoms with van der Waals surface area (Å²) in [5, 5.41) is 0. The maximum absolute atomic E-state index is 6.11. The normalized spacial score (nSPS) is 16.5. The molecule has 2 rings (SSSR count). The molecule has 20 heavy (non-hydrogen) atoms. The van der Waals surface area contributed by atoms with Crippen LogP contribution in [-0.2, 0) is 6.42 Å². The molecule has 1 aromatic rings. The van der Waals surface area contributed by atoms with E-state index in [9.17, 15) is 0 Å². The molecule has 0 spiro atoms. The summed E-state index contributed by atoms with van der Waals surface area (Å²) >= 11 is 0. The van der Waals surface area contributed by atoms with Gasteiger partial charge in [-0.25, -0.2) is 0 Å². The second-order valence-corrected chi connectivity index (χ2v) is 6.60. The van der Waals surface area contributed by atoms with E-state index in [-0.39, 0.29) is 6.04 Å². The van der Waals surface area contributed by atoms with Crippen LogP contribution >= 0.6 is 0 Å². The summed E-state index contributed by atoms with van der Waals surface area (Å²) in [6.07, 6.45) is 4.65. The maximum Gasteiger partial charge on any atom is 0.123 e. The van der Waals surface area contributed by atoms with Crippen molar-refractivity contribution in [1.82, 2.24) is 0 Å². The van der Waals surface area contributed by atoms with Crippen LogP contribution in [0.2, 0.25) is 0 Å². The summed E-state index contributed by atoms with van der Waals surface area (Å²) < 4.78 is 6.06. The number of nitrogens with two attached hydrogens (primary N) is 1. The van der Waals surface area contributed by atoms with Gasteiger partial charge < -0.3 is 10.5 Å². The third-order valence-corrected chi connectivity index (χ3v) is 4.27. The first-order valence-corrected chi connectivity index (χ1v) is 8.03. The molecular weight excluding hydrogens is 246 g/mol. The van der Waals surface area contributed by atoms with Crippen LogP contribution in [0, 0.1) is 12.8 Å². The zero-order valence-electron chi connectivity index (χ0n) is 13.4. The van der Waals surface area contributed by atoms with Gasteiger partial charge in [-0.3, -0.25) is 0 Å². The van der Waals surface area contributed by atoms with Crippen LogP contribution in [-0.4, -0.2) is 12.6 Å². The number of aryl methyl sites for hydroxylation is 1. The first-order valence-electron chi connectivity index (χ1n) is 8.03. The van der Waals surface area contributed by atoms with Crippen LogP contribution in [0.25, 0.3) is 0 Å². The van der Waals surface area contributed by atoms with E-state index in [1.807, 2.05) is 0 Å². The third-order valence-electron chi connectivity index (χ3n) is 4.27. The fourth-order valence-electron chi connectivity index (χ4n) is 2.46. The molecule has 2 nitrogen and oxygen atoms in total.